The van der Waals surface area contributed by atoms with Crippen LogP contribution in [0.5, 0.6) is 0 Å². The van der Waals surface area contributed by atoms with E-state index in [1.165, 1.54) is 11.1 Å². The Bertz CT molecular complexity index is 950. The Morgan fingerprint density at radius 2 is 1.88 bits per heavy atom. The average molecular weight is 322 g/mol. The van der Waals surface area contributed by atoms with E-state index >= 15 is 0 Å². The molecule has 2 nitrogen and oxygen atoms in total. The summed E-state index contributed by atoms with van der Waals surface area (Å²) in [7, 11) is 0. The van der Waals surface area contributed by atoms with Crippen molar-refractivity contribution in [3.05, 3.63) is 82.7 Å². The van der Waals surface area contributed by atoms with E-state index in [9.17, 15) is 8.78 Å². The summed E-state index contributed by atoms with van der Waals surface area (Å²) < 4.78 is 27.2. The summed E-state index contributed by atoms with van der Waals surface area (Å²) in [5.41, 5.74) is 12.7. The second-order valence-electron chi connectivity index (χ2n) is 6.17. The molecular weight excluding hydrogens is 306 g/mol. The second-order valence-corrected chi connectivity index (χ2v) is 6.17. The minimum Gasteiger partial charge on any atom is -0.398 e. The number of hydrogen-bond donors (Lipinski definition) is 1. The van der Waals surface area contributed by atoms with E-state index in [2.05, 4.69) is 17.1 Å². The van der Waals surface area contributed by atoms with Crippen LogP contribution in [0.4, 0.5) is 14.5 Å². The molecule has 0 spiro atoms. The molecule has 3 aromatic rings. The van der Waals surface area contributed by atoms with Gasteiger partial charge in [-0.25, -0.2) is 8.78 Å². The molecule has 1 unspecified atom stereocenters. The molecule has 2 aromatic carbocycles. The summed E-state index contributed by atoms with van der Waals surface area (Å²) in [5.74, 6) is -1.67. The molecule has 1 heterocycles. The molecule has 0 saturated heterocycles. The number of nitrogens with zero attached hydrogens (tertiary/aromatic N) is 1. The Morgan fingerprint density at radius 1 is 1.08 bits per heavy atom. The third-order valence-corrected chi connectivity index (χ3v) is 4.78. The molecule has 4 heteroatoms. The molecule has 1 aliphatic rings. The van der Waals surface area contributed by atoms with Crippen LogP contribution in [0.3, 0.4) is 0 Å². The Morgan fingerprint density at radius 3 is 2.67 bits per heavy atom. The highest BCUT2D eigenvalue weighted by Crippen LogP contribution is 2.42. The van der Waals surface area contributed by atoms with Crippen molar-refractivity contribution in [2.24, 2.45) is 0 Å². The fraction of sp³-hybridized carbons (Fsp3) is 0.150. The van der Waals surface area contributed by atoms with E-state index in [-0.39, 0.29) is 11.6 Å². The monoisotopic (exact) mass is 322 g/mol. The third kappa shape index (κ3) is 2.18. The SMILES string of the molecule is CC(c1ccc2c(c1N)Cc1ccccc1-2)c1ncc(F)cc1F. The van der Waals surface area contributed by atoms with Crippen molar-refractivity contribution >= 4 is 5.69 Å². The quantitative estimate of drug-likeness (QED) is 0.545. The van der Waals surface area contributed by atoms with Crippen LogP contribution in [0.25, 0.3) is 11.1 Å². The van der Waals surface area contributed by atoms with E-state index in [0.717, 1.165) is 35.4 Å². The first-order valence-electron chi connectivity index (χ1n) is 7.86. The van der Waals surface area contributed by atoms with Gasteiger partial charge in [0.25, 0.3) is 0 Å². The molecule has 120 valence electrons. The largest absolute Gasteiger partial charge is 0.398 e. The van der Waals surface area contributed by atoms with Gasteiger partial charge in [-0.05, 0) is 27.8 Å². The number of nitrogens with two attached hydrogens (primary N) is 1. The average Bonchev–Trinajstić information content (AvgIpc) is 2.94. The molecule has 1 aliphatic carbocycles. The lowest BCUT2D eigenvalue weighted by Gasteiger charge is -2.17. The van der Waals surface area contributed by atoms with Gasteiger partial charge in [-0.3, -0.25) is 4.98 Å². The van der Waals surface area contributed by atoms with Crippen molar-refractivity contribution in [1.29, 1.82) is 0 Å². The number of rotatable bonds is 2. The number of benzene rings is 2. The van der Waals surface area contributed by atoms with E-state index in [0.29, 0.717) is 5.69 Å². The zero-order valence-electron chi connectivity index (χ0n) is 13.2. The van der Waals surface area contributed by atoms with E-state index in [1.807, 2.05) is 31.2 Å². The molecule has 2 N–H and O–H groups in total. The zero-order chi connectivity index (χ0) is 16.8. The maximum absolute atomic E-state index is 14.1. The number of fused-ring (bicyclic) bond motifs is 3. The van der Waals surface area contributed by atoms with Gasteiger partial charge in [0.2, 0.25) is 0 Å². The van der Waals surface area contributed by atoms with Crippen LogP contribution in [0, 0.1) is 11.6 Å². The Kier molecular flexibility index (Phi) is 3.34. The van der Waals surface area contributed by atoms with Gasteiger partial charge in [0.15, 0.2) is 0 Å². The number of pyridine rings is 1. The van der Waals surface area contributed by atoms with Gasteiger partial charge in [-0.1, -0.05) is 43.3 Å². The van der Waals surface area contributed by atoms with Gasteiger partial charge in [-0.2, -0.15) is 0 Å². The lowest BCUT2D eigenvalue weighted by atomic mass is 9.91. The smallest absolute Gasteiger partial charge is 0.148 e. The van der Waals surface area contributed by atoms with Crippen molar-refractivity contribution in [2.45, 2.75) is 19.3 Å². The van der Waals surface area contributed by atoms with Crippen molar-refractivity contribution in [3.63, 3.8) is 0 Å². The number of hydrogen-bond acceptors (Lipinski definition) is 2. The van der Waals surface area contributed by atoms with Crippen molar-refractivity contribution in [3.8, 4) is 11.1 Å². The summed E-state index contributed by atoms with van der Waals surface area (Å²) in [5, 5.41) is 0. The van der Waals surface area contributed by atoms with Gasteiger partial charge in [0, 0.05) is 24.1 Å². The van der Waals surface area contributed by atoms with Crippen LogP contribution in [-0.4, -0.2) is 4.98 Å². The summed E-state index contributed by atoms with van der Waals surface area (Å²) in [6.45, 7) is 1.84. The molecule has 0 bridgehead atoms. The molecule has 0 saturated carbocycles. The van der Waals surface area contributed by atoms with Crippen molar-refractivity contribution < 1.29 is 8.78 Å². The van der Waals surface area contributed by atoms with Crippen LogP contribution in [0.2, 0.25) is 0 Å². The van der Waals surface area contributed by atoms with E-state index in [1.54, 1.807) is 0 Å². The molecule has 0 aliphatic heterocycles. The highest BCUT2D eigenvalue weighted by molar-refractivity contribution is 5.82. The molecule has 0 fully saturated rings. The van der Waals surface area contributed by atoms with Gasteiger partial charge in [0.1, 0.15) is 11.6 Å². The lowest BCUT2D eigenvalue weighted by molar-refractivity contribution is 0.552. The first-order chi connectivity index (χ1) is 11.6. The fourth-order valence-electron chi connectivity index (χ4n) is 3.52. The first kappa shape index (κ1) is 14.8. The topological polar surface area (TPSA) is 38.9 Å². The summed E-state index contributed by atoms with van der Waals surface area (Å²) in [6, 6.07) is 13.0. The van der Waals surface area contributed by atoms with Crippen molar-refractivity contribution in [2.75, 3.05) is 5.73 Å². The zero-order valence-corrected chi connectivity index (χ0v) is 13.2. The molecule has 1 aromatic heterocycles. The van der Waals surface area contributed by atoms with Crippen LogP contribution >= 0.6 is 0 Å². The Balaban J connectivity index is 1.80. The minimum absolute atomic E-state index is 0.207. The normalized spacial score (nSPS) is 13.5. The fourth-order valence-corrected chi connectivity index (χ4v) is 3.52. The summed E-state index contributed by atoms with van der Waals surface area (Å²) in [6.07, 6.45) is 1.81. The molecular formula is C20H16F2N2. The van der Waals surface area contributed by atoms with Crippen molar-refractivity contribution in [1.82, 2.24) is 4.98 Å². The predicted molar refractivity (Wildman–Crippen MR) is 90.8 cm³/mol. The number of halogens is 2. The van der Waals surface area contributed by atoms with Crippen LogP contribution < -0.4 is 5.73 Å². The maximum atomic E-state index is 14.1. The van der Waals surface area contributed by atoms with Gasteiger partial charge < -0.3 is 5.73 Å². The van der Waals surface area contributed by atoms with Gasteiger partial charge in [-0.15, -0.1) is 0 Å². The highest BCUT2D eigenvalue weighted by Gasteiger charge is 2.25. The highest BCUT2D eigenvalue weighted by atomic mass is 19.1. The lowest BCUT2D eigenvalue weighted by Crippen LogP contribution is -2.08. The van der Waals surface area contributed by atoms with Crippen LogP contribution in [0.1, 0.15) is 35.2 Å². The Hall–Kier alpha value is -2.75. The van der Waals surface area contributed by atoms with E-state index in [4.69, 9.17) is 5.73 Å². The van der Waals surface area contributed by atoms with E-state index < -0.39 is 11.6 Å². The third-order valence-electron chi connectivity index (χ3n) is 4.78. The first-order valence-corrected chi connectivity index (χ1v) is 7.86. The molecule has 0 amide bonds. The van der Waals surface area contributed by atoms with Gasteiger partial charge in [0.05, 0.1) is 11.9 Å². The van der Waals surface area contributed by atoms with Crippen LogP contribution in [-0.2, 0) is 6.42 Å². The standard InChI is InChI=1S/C20H16F2N2/c1-11(20-18(22)9-13(21)10-24-20)14-6-7-16-15-5-3-2-4-12(15)8-17(16)19(14)23/h2-7,9-11H,8,23H2,1H3. The predicted octanol–water partition coefficient (Wildman–Crippen LogP) is 4.67. The minimum atomic E-state index is -0.680. The van der Waals surface area contributed by atoms with Crippen LogP contribution in [0.15, 0.2) is 48.7 Å². The summed E-state index contributed by atoms with van der Waals surface area (Å²) in [4.78, 5) is 3.92. The number of nitrogen functional groups attached to an aromatic ring is 1. The molecule has 24 heavy (non-hydrogen) atoms. The number of anilines is 1. The number of aromatic nitrogens is 1. The molecule has 0 radical (unpaired) electrons. The second kappa shape index (κ2) is 5.41. The molecule has 4 rings (SSSR count). The Labute approximate surface area is 139 Å². The maximum Gasteiger partial charge on any atom is 0.148 e. The molecule has 1 atom stereocenters. The van der Waals surface area contributed by atoms with Gasteiger partial charge >= 0.3 is 0 Å². The summed E-state index contributed by atoms with van der Waals surface area (Å²) >= 11 is 0.